The van der Waals surface area contributed by atoms with Gasteiger partial charge in [0.25, 0.3) is 0 Å². The van der Waals surface area contributed by atoms with E-state index in [0.717, 1.165) is 16.5 Å². The third-order valence-corrected chi connectivity index (χ3v) is 5.36. The number of carboxylic acid groups (broad SMARTS) is 1. The molecule has 192 valence electrons. The van der Waals surface area contributed by atoms with Crippen LogP contribution in [0, 0.1) is 0 Å². The third kappa shape index (κ3) is 7.99. The quantitative estimate of drug-likeness (QED) is 0.274. The number of likely N-dealkylation sites (N-methyl/N-ethyl adjacent to an activating group) is 1. The summed E-state index contributed by atoms with van der Waals surface area (Å²) < 4.78 is 5.49. The van der Waals surface area contributed by atoms with Crippen molar-refractivity contribution in [1.82, 2.24) is 26.3 Å². The van der Waals surface area contributed by atoms with E-state index in [1.54, 1.807) is 40.9 Å². The predicted octanol–water partition coefficient (Wildman–Crippen LogP) is 1.29. The van der Waals surface area contributed by atoms with Crippen molar-refractivity contribution < 1.29 is 29.0 Å². The molecule has 1 aromatic heterocycles. The molecule has 0 spiro atoms. The zero-order valence-corrected chi connectivity index (χ0v) is 20.9. The normalized spacial score (nSPS) is 14.9. The summed E-state index contributed by atoms with van der Waals surface area (Å²) in [6.45, 7) is 8.21. The first-order valence-electron chi connectivity index (χ1n) is 11.4. The van der Waals surface area contributed by atoms with Crippen molar-refractivity contribution in [2.24, 2.45) is 0 Å². The minimum atomic E-state index is -1.21. The minimum absolute atomic E-state index is 0.160. The van der Waals surface area contributed by atoms with Crippen LogP contribution >= 0.6 is 0 Å². The van der Waals surface area contributed by atoms with Crippen LogP contribution in [0.4, 0.5) is 4.79 Å². The molecular weight excluding hydrogens is 454 g/mol. The zero-order chi connectivity index (χ0) is 26.3. The first-order chi connectivity index (χ1) is 16.3. The van der Waals surface area contributed by atoms with Gasteiger partial charge in [-0.25, -0.2) is 14.4 Å². The number of urea groups is 1. The highest BCUT2D eigenvalue weighted by Gasteiger charge is 2.30. The van der Waals surface area contributed by atoms with Crippen LogP contribution in [0.5, 0.6) is 0 Å². The van der Waals surface area contributed by atoms with Crippen molar-refractivity contribution in [3.05, 3.63) is 36.0 Å². The number of rotatable bonds is 10. The lowest BCUT2D eigenvalue weighted by atomic mass is 10.0. The molecule has 0 fully saturated rings. The number of aromatic amines is 1. The first kappa shape index (κ1) is 27.6. The van der Waals surface area contributed by atoms with Gasteiger partial charge in [0.2, 0.25) is 5.91 Å². The number of aliphatic carboxylic acids is 1. The molecule has 0 bridgehead atoms. The Morgan fingerprint density at radius 1 is 1.06 bits per heavy atom. The van der Waals surface area contributed by atoms with E-state index in [0.29, 0.717) is 0 Å². The van der Waals surface area contributed by atoms with Gasteiger partial charge in [0.05, 0.1) is 0 Å². The second-order valence-electron chi connectivity index (χ2n) is 9.39. The summed E-state index contributed by atoms with van der Waals surface area (Å²) in [5.74, 6) is -2.51. The van der Waals surface area contributed by atoms with Crippen LogP contribution in [-0.2, 0) is 25.5 Å². The van der Waals surface area contributed by atoms with Gasteiger partial charge in [-0.3, -0.25) is 4.79 Å². The molecular formula is C24H35N5O6. The van der Waals surface area contributed by atoms with Crippen LogP contribution in [0.2, 0.25) is 0 Å². The summed E-state index contributed by atoms with van der Waals surface area (Å²) in [6, 6.07) is 3.00. The maximum Gasteiger partial charge on any atom is 0.329 e. The van der Waals surface area contributed by atoms with Crippen molar-refractivity contribution in [2.45, 2.75) is 70.8 Å². The minimum Gasteiger partial charge on any atom is -0.480 e. The lowest BCUT2D eigenvalue weighted by Crippen LogP contribution is -2.58. The summed E-state index contributed by atoms with van der Waals surface area (Å²) in [7, 11) is 1.58. The number of benzene rings is 1. The van der Waals surface area contributed by atoms with Gasteiger partial charge in [0.1, 0.15) is 23.7 Å². The smallest absolute Gasteiger partial charge is 0.329 e. The van der Waals surface area contributed by atoms with Crippen LogP contribution in [-0.4, -0.2) is 70.8 Å². The number of para-hydroxylation sites is 1. The number of carbonyl (C=O) groups is 4. The van der Waals surface area contributed by atoms with E-state index in [2.05, 4.69) is 26.3 Å². The number of carboxylic acids is 1. The SMILES string of the molecule is CN[C@@H](C)[C@H](NC(=O)[C@H](C)NC(=O)N[C@@H](Cc1c[nH]c2ccccc12)C(=O)OC(C)(C)C)C(=O)O. The van der Waals surface area contributed by atoms with Crippen molar-refractivity contribution >= 4 is 34.8 Å². The Bertz CT molecular complexity index is 1060. The van der Waals surface area contributed by atoms with Gasteiger partial charge < -0.3 is 36.1 Å². The maximum atomic E-state index is 12.9. The highest BCUT2D eigenvalue weighted by atomic mass is 16.6. The molecule has 6 N–H and O–H groups in total. The van der Waals surface area contributed by atoms with E-state index in [-0.39, 0.29) is 6.42 Å². The Kier molecular flexibility index (Phi) is 9.24. The third-order valence-electron chi connectivity index (χ3n) is 5.36. The molecule has 0 saturated carbocycles. The van der Waals surface area contributed by atoms with Crippen LogP contribution in [0.25, 0.3) is 10.9 Å². The summed E-state index contributed by atoms with van der Waals surface area (Å²) in [4.78, 5) is 52.6. The van der Waals surface area contributed by atoms with Crippen LogP contribution in [0.3, 0.4) is 0 Å². The van der Waals surface area contributed by atoms with Crippen molar-refractivity contribution in [1.29, 1.82) is 0 Å². The lowest BCUT2D eigenvalue weighted by molar-refractivity contribution is -0.157. The maximum absolute atomic E-state index is 12.9. The summed E-state index contributed by atoms with van der Waals surface area (Å²) in [6.07, 6.45) is 1.93. The summed E-state index contributed by atoms with van der Waals surface area (Å²) >= 11 is 0. The molecule has 1 aromatic carbocycles. The Hall–Kier alpha value is -3.60. The van der Waals surface area contributed by atoms with Crippen molar-refractivity contribution in [3.8, 4) is 0 Å². The van der Waals surface area contributed by atoms with Crippen molar-refractivity contribution in [3.63, 3.8) is 0 Å². The molecule has 0 saturated heterocycles. The average molecular weight is 490 g/mol. The van der Waals surface area contributed by atoms with E-state index in [9.17, 15) is 24.3 Å². The molecule has 2 aromatic rings. The fourth-order valence-corrected chi connectivity index (χ4v) is 3.39. The van der Waals surface area contributed by atoms with Gasteiger partial charge in [-0.15, -0.1) is 0 Å². The number of fused-ring (bicyclic) bond motifs is 1. The topological polar surface area (TPSA) is 162 Å². The highest BCUT2D eigenvalue weighted by Crippen LogP contribution is 2.20. The second-order valence-corrected chi connectivity index (χ2v) is 9.39. The Balaban J connectivity index is 2.12. The number of hydrogen-bond donors (Lipinski definition) is 6. The Morgan fingerprint density at radius 2 is 1.71 bits per heavy atom. The molecule has 1 heterocycles. The Labute approximate surface area is 204 Å². The highest BCUT2D eigenvalue weighted by molar-refractivity contribution is 5.91. The number of H-pyrrole nitrogens is 1. The molecule has 11 heteroatoms. The predicted molar refractivity (Wildman–Crippen MR) is 131 cm³/mol. The molecule has 0 aliphatic heterocycles. The van der Waals surface area contributed by atoms with E-state index in [4.69, 9.17) is 4.74 Å². The number of carbonyl (C=O) groups excluding carboxylic acids is 3. The van der Waals surface area contributed by atoms with E-state index >= 15 is 0 Å². The van der Waals surface area contributed by atoms with Crippen LogP contribution in [0.15, 0.2) is 30.5 Å². The molecule has 11 nitrogen and oxygen atoms in total. The number of aromatic nitrogens is 1. The first-order valence-corrected chi connectivity index (χ1v) is 11.4. The number of nitrogens with one attached hydrogen (secondary N) is 5. The molecule has 4 atom stereocenters. The van der Waals surface area contributed by atoms with Gasteiger partial charge in [0.15, 0.2) is 0 Å². The second kappa shape index (κ2) is 11.7. The molecule has 35 heavy (non-hydrogen) atoms. The largest absolute Gasteiger partial charge is 0.480 e. The van der Waals surface area contributed by atoms with Gasteiger partial charge >= 0.3 is 18.0 Å². The number of esters is 1. The van der Waals surface area contributed by atoms with Crippen LogP contribution < -0.4 is 21.3 Å². The number of amides is 3. The lowest BCUT2D eigenvalue weighted by Gasteiger charge is -2.26. The fraction of sp³-hybridized carbons (Fsp3) is 0.500. The number of hydrogen-bond acceptors (Lipinski definition) is 6. The molecule has 3 amide bonds. The number of ether oxygens (including phenoxy) is 1. The van der Waals surface area contributed by atoms with Gasteiger partial charge in [0, 0.05) is 29.6 Å². The van der Waals surface area contributed by atoms with E-state index in [1.807, 2.05) is 24.3 Å². The van der Waals surface area contributed by atoms with Gasteiger partial charge in [-0.05, 0) is 53.3 Å². The molecule has 0 radical (unpaired) electrons. The standard InChI is InChI=1S/C24H35N5O6/c1-13(25-6)19(21(31)32)29-20(30)14(2)27-23(34)28-18(22(33)35-24(3,4)5)11-15-12-26-17-10-8-7-9-16(15)17/h7-10,12-14,18-19,25-26H,11H2,1-6H3,(H,29,30)(H,31,32)(H2,27,28,34)/t13-,14-,18-,19-/m0/s1. The van der Waals surface area contributed by atoms with E-state index in [1.165, 1.54) is 6.92 Å². The monoisotopic (exact) mass is 489 g/mol. The van der Waals surface area contributed by atoms with E-state index < -0.39 is 53.6 Å². The summed E-state index contributed by atoms with van der Waals surface area (Å²) in [5, 5.41) is 20.5. The van der Waals surface area contributed by atoms with Gasteiger partial charge in [-0.1, -0.05) is 18.2 Å². The molecule has 0 aliphatic rings. The molecule has 2 rings (SSSR count). The molecule has 0 unspecified atom stereocenters. The fourth-order valence-electron chi connectivity index (χ4n) is 3.39. The molecule has 0 aliphatic carbocycles. The Morgan fingerprint density at radius 3 is 2.31 bits per heavy atom. The van der Waals surface area contributed by atoms with Crippen molar-refractivity contribution in [2.75, 3.05) is 7.05 Å². The average Bonchev–Trinajstić information content (AvgIpc) is 3.17. The van der Waals surface area contributed by atoms with Gasteiger partial charge in [-0.2, -0.15) is 0 Å². The summed E-state index contributed by atoms with van der Waals surface area (Å²) in [5.41, 5.74) is 0.938. The zero-order valence-electron chi connectivity index (χ0n) is 20.9. The van der Waals surface area contributed by atoms with Crippen LogP contribution in [0.1, 0.15) is 40.2 Å².